The molecule has 0 spiro atoms. The van der Waals surface area contributed by atoms with Crippen LogP contribution in [-0.2, 0) is 27.7 Å². The van der Waals surface area contributed by atoms with Crippen molar-refractivity contribution in [2.75, 3.05) is 21.3 Å². The molecular formula is C81H66N16O4Si. The average Bonchev–Trinajstić information content (AvgIpc) is 1.59. The summed E-state index contributed by atoms with van der Waals surface area (Å²) in [7, 11) is 3.73. The Hall–Kier alpha value is -13.6. The lowest BCUT2D eigenvalue weighted by molar-refractivity contribution is 0.101. The van der Waals surface area contributed by atoms with Crippen LogP contribution < -0.4 is 21.3 Å². The van der Waals surface area contributed by atoms with Crippen LogP contribution in [0.3, 0.4) is 0 Å². The topological polar surface area (TPSA) is 245 Å². The number of nitrogens with zero attached hydrogens (tertiary/aromatic N) is 10. The summed E-state index contributed by atoms with van der Waals surface area (Å²) in [5.74, 6) is 1.90. The first kappa shape index (κ1) is 64.4. The molecule has 21 heteroatoms. The van der Waals surface area contributed by atoms with Gasteiger partial charge in [0.2, 0.25) is 0 Å². The van der Waals surface area contributed by atoms with E-state index >= 15 is 4.79 Å². The monoisotopic (exact) mass is 1350 g/mol. The van der Waals surface area contributed by atoms with Gasteiger partial charge in [0.15, 0.2) is 0 Å². The summed E-state index contributed by atoms with van der Waals surface area (Å²) >= 11 is 0. The minimum absolute atomic E-state index is 0.335. The number of carbonyl (C=O) groups is 4. The summed E-state index contributed by atoms with van der Waals surface area (Å²) in [6.45, 7) is 7.14. The number of aromatic nitrogens is 12. The van der Waals surface area contributed by atoms with Gasteiger partial charge in [-0.2, -0.15) is 0 Å². The molecule has 20 nitrogen and oxygen atoms in total. The molecule has 0 radical (unpaired) electrons. The van der Waals surface area contributed by atoms with E-state index in [1.807, 2.05) is 182 Å². The summed E-state index contributed by atoms with van der Waals surface area (Å²) in [4.78, 5) is 93.7. The zero-order chi connectivity index (χ0) is 70.2. The first-order chi connectivity index (χ1) is 49.5. The van der Waals surface area contributed by atoms with Crippen molar-refractivity contribution >= 4 is 101 Å². The number of aromatic amines is 2. The van der Waals surface area contributed by atoms with Gasteiger partial charge in [-0.05, 0) is 108 Å². The molecule has 6 N–H and O–H groups in total. The molecule has 0 unspecified atom stereocenters. The highest BCUT2D eigenvalue weighted by molar-refractivity contribution is 6.83. The lowest BCUT2D eigenvalue weighted by atomic mass is 10.0. The second-order valence-electron chi connectivity index (χ2n) is 25.9. The van der Waals surface area contributed by atoms with Crippen LogP contribution >= 0.6 is 0 Å². The molecule has 6 aromatic carbocycles. The van der Waals surface area contributed by atoms with E-state index in [-0.39, 0.29) is 23.6 Å². The number of rotatable bonds is 15. The number of hydrogen-bond acceptors (Lipinski definition) is 10. The Morgan fingerprint density at radius 2 is 0.794 bits per heavy atom. The van der Waals surface area contributed by atoms with Crippen LogP contribution in [0.15, 0.2) is 220 Å². The van der Waals surface area contributed by atoms with Crippen LogP contribution in [0.25, 0.3) is 102 Å². The van der Waals surface area contributed by atoms with E-state index in [0.29, 0.717) is 141 Å². The van der Waals surface area contributed by atoms with Gasteiger partial charge >= 0.3 is 0 Å². The van der Waals surface area contributed by atoms with Gasteiger partial charge in [0.05, 0.1) is 78.6 Å². The Balaban J connectivity index is 0.927. The summed E-state index contributed by atoms with van der Waals surface area (Å²) in [6, 6.07) is 54.0. The standard InChI is InChI=1S/C81H66N16O4Si/c1-94-46-82-42-71(94)79(99)91-59-23-12-8-19-55(59)75-64-32-30-62(86-64)74(54-18-7-11-22-58(54)90-78(98)53-17-15-16-51(40-53)45-97-49-85-41-70(97)52-28-26-50(27-29-52)38-39-102(4,5)6)63-31-33-65(87-63)76(56-20-9-13-24-60(56)92-80(100)72-43-83-47-95(72)2)67-35-37-69(89-67)77(68-36-34-66(75)88-68)57-21-10-14-25-61(57)93-81(101)73-44-84-48-96(73)3/h7-37,40-44,46-49,86,89H,45H2,1-6H3,(H,90,98)(H,91,99)(H,92,100)(H,93,101). The minimum Gasteiger partial charge on any atom is -0.354 e. The van der Waals surface area contributed by atoms with Crippen molar-refractivity contribution in [3.8, 4) is 67.2 Å². The number of para-hydroxylation sites is 4. The molecule has 7 aromatic heterocycles. The number of fused-ring (bicyclic) bond motifs is 8. The van der Waals surface area contributed by atoms with Gasteiger partial charge < -0.3 is 49.5 Å². The lowest BCUT2D eigenvalue weighted by Gasteiger charge is -2.14. The van der Waals surface area contributed by atoms with Gasteiger partial charge in [-0.15, -0.1) is 5.54 Å². The molecule has 498 valence electrons. The first-order valence-corrected chi connectivity index (χ1v) is 36.5. The third kappa shape index (κ3) is 13.0. The molecule has 8 bridgehead atoms. The Morgan fingerprint density at radius 1 is 0.422 bits per heavy atom. The predicted molar refractivity (Wildman–Crippen MR) is 405 cm³/mol. The van der Waals surface area contributed by atoms with E-state index in [1.54, 1.807) is 66.2 Å². The molecule has 0 saturated carbocycles. The first-order valence-electron chi connectivity index (χ1n) is 33.0. The second kappa shape index (κ2) is 27.0. The zero-order valence-electron chi connectivity index (χ0n) is 56.4. The molecule has 0 aliphatic carbocycles. The fourth-order valence-corrected chi connectivity index (χ4v) is 13.3. The number of carbonyl (C=O) groups excluding carboxylic acids is 4. The Morgan fingerprint density at radius 3 is 1.17 bits per heavy atom. The molecule has 15 rings (SSSR count). The number of aryl methyl sites for hydroxylation is 3. The van der Waals surface area contributed by atoms with Crippen LogP contribution in [0.2, 0.25) is 19.6 Å². The maximum Gasteiger partial charge on any atom is 0.273 e. The van der Waals surface area contributed by atoms with Crippen molar-refractivity contribution in [2.24, 2.45) is 21.1 Å². The lowest BCUT2D eigenvalue weighted by Crippen LogP contribution is -2.16. The van der Waals surface area contributed by atoms with Crippen molar-refractivity contribution < 1.29 is 19.2 Å². The third-order valence-corrected chi connectivity index (χ3v) is 18.6. The van der Waals surface area contributed by atoms with E-state index in [1.165, 1.54) is 18.6 Å². The molecular weight excluding hydrogens is 1290 g/mol. The number of hydrogen-bond donors (Lipinski definition) is 6. The molecule has 0 saturated heterocycles. The second-order valence-corrected chi connectivity index (χ2v) is 30.6. The smallest absolute Gasteiger partial charge is 0.273 e. The van der Waals surface area contributed by atoms with Crippen molar-refractivity contribution in [1.82, 2.24) is 58.1 Å². The highest BCUT2D eigenvalue weighted by atomic mass is 28.3. The normalized spacial score (nSPS) is 11.7. The summed E-state index contributed by atoms with van der Waals surface area (Å²) in [5.41, 5.74) is 20.4. The van der Waals surface area contributed by atoms with Crippen molar-refractivity contribution in [3.63, 3.8) is 0 Å². The van der Waals surface area contributed by atoms with Crippen LogP contribution in [0.4, 0.5) is 22.7 Å². The maximum atomic E-state index is 15.0. The molecule has 0 atom stereocenters. The van der Waals surface area contributed by atoms with Crippen LogP contribution in [0.1, 0.15) is 75.7 Å². The van der Waals surface area contributed by atoms with Gasteiger partial charge in [-0.3, -0.25) is 19.2 Å². The highest BCUT2D eigenvalue weighted by Gasteiger charge is 2.26. The maximum absolute atomic E-state index is 15.0. The highest BCUT2D eigenvalue weighted by Crippen LogP contribution is 2.44. The number of nitrogens with one attached hydrogen (secondary N) is 6. The van der Waals surface area contributed by atoms with Crippen molar-refractivity contribution in [1.29, 1.82) is 0 Å². The van der Waals surface area contributed by atoms with Gasteiger partial charge in [-0.25, -0.2) is 29.9 Å². The van der Waals surface area contributed by atoms with Gasteiger partial charge in [0.1, 0.15) is 25.2 Å². The Labute approximate surface area is 587 Å². The Bertz CT molecular complexity index is 5750. The SMILES string of the molecule is Cn1cncc1C(=O)Nc1ccccc1-c1c2nc(c(-c3ccccc3NC(=O)c3cncn3C)c3ccc([nH]3)c(-c3ccccc3NC(=O)c3cncn3C)c3nc(c(-c4ccccc4NC(=O)c4cccc(Cn5cncc5-c5ccc(C#C[Si](C)(C)C)cc5)c4)c4ccc1[nH]4)C=C3)C=C2. The summed E-state index contributed by atoms with van der Waals surface area (Å²) < 4.78 is 7.04. The van der Waals surface area contributed by atoms with E-state index < -0.39 is 8.07 Å². The fraction of sp³-hybridized carbons (Fsp3) is 0.0864. The quantitative estimate of drug-likeness (QED) is 0.0419. The third-order valence-electron chi connectivity index (χ3n) is 17.7. The molecule has 9 heterocycles. The molecule has 13 aromatic rings. The van der Waals surface area contributed by atoms with Gasteiger partial charge in [0.25, 0.3) is 23.6 Å². The van der Waals surface area contributed by atoms with Gasteiger partial charge in [-0.1, -0.05) is 123 Å². The van der Waals surface area contributed by atoms with Gasteiger partial charge in [0, 0.05) is 128 Å². The van der Waals surface area contributed by atoms with E-state index in [2.05, 4.69) is 99.0 Å². The Kier molecular flexibility index (Phi) is 17.1. The van der Waals surface area contributed by atoms with Crippen LogP contribution in [0.5, 0.6) is 0 Å². The number of amides is 4. The minimum atomic E-state index is -1.56. The molecule has 102 heavy (non-hydrogen) atoms. The number of imidazole rings is 4. The molecule has 4 amide bonds. The van der Waals surface area contributed by atoms with E-state index in [0.717, 1.165) is 22.4 Å². The molecule has 2 aliphatic rings. The summed E-state index contributed by atoms with van der Waals surface area (Å²) in [6.07, 6.45) is 20.7. The fourth-order valence-electron chi connectivity index (χ4n) is 12.7. The zero-order valence-corrected chi connectivity index (χ0v) is 57.4. The number of benzene rings is 6. The number of H-pyrrole nitrogens is 2. The van der Waals surface area contributed by atoms with Crippen LogP contribution in [0, 0.1) is 11.5 Å². The largest absolute Gasteiger partial charge is 0.354 e. The molecule has 0 fully saturated rings. The van der Waals surface area contributed by atoms with Crippen molar-refractivity contribution in [2.45, 2.75) is 26.2 Å². The predicted octanol–water partition coefficient (Wildman–Crippen LogP) is 15.7. The van der Waals surface area contributed by atoms with Crippen molar-refractivity contribution in [3.05, 3.63) is 277 Å². The van der Waals surface area contributed by atoms with Crippen LogP contribution in [-0.4, -0.2) is 89.8 Å². The van der Waals surface area contributed by atoms with E-state index in [4.69, 9.17) is 9.97 Å². The molecule has 2 aliphatic heterocycles. The summed E-state index contributed by atoms with van der Waals surface area (Å²) in [5, 5.41) is 12.9. The number of anilines is 4. The average molecular weight is 1360 g/mol. The van der Waals surface area contributed by atoms with E-state index in [9.17, 15) is 14.4 Å².